The monoisotopic (exact) mass is 428 g/mol. The zero-order chi connectivity index (χ0) is 22.3. The van der Waals surface area contributed by atoms with Crippen LogP contribution in [0.15, 0.2) is 48.5 Å². The van der Waals surface area contributed by atoms with Crippen molar-refractivity contribution >= 4 is 17.7 Å². The summed E-state index contributed by atoms with van der Waals surface area (Å²) in [5.74, 6) is -1.43. The van der Waals surface area contributed by atoms with Crippen LogP contribution in [0.3, 0.4) is 0 Å². The quantitative estimate of drug-likeness (QED) is 0.255. The first kappa shape index (κ1) is 22.7. The Balaban J connectivity index is 2.17. The lowest BCUT2D eigenvalue weighted by Gasteiger charge is -2.15. The molecule has 0 aliphatic carbocycles. The molecular formula is C19H16F4N2O5. The van der Waals surface area contributed by atoms with Crippen LogP contribution in [0.1, 0.15) is 11.1 Å². The average Bonchev–Trinajstić information content (AvgIpc) is 2.66. The Morgan fingerprint density at radius 3 is 2.43 bits per heavy atom. The fraction of sp³-hybridized carbons (Fsp3) is 0.211. The van der Waals surface area contributed by atoms with Crippen molar-refractivity contribution in [3.05, 3.63) is 69.8 Å². The molecule has 2 aromatic rings. The molecule has 0 saturated heterocycles. The molecule has 0 aliphatic rings. The highest BCUT2D eigenvalue weighted by molar-refractivity contribution is 5.92. The Kier molecular flexibility index (Phi) is 7.73. The summed E-state index contributed by atoms with van der Waals surface area (Å²) in [6, 6.07) is 9.01. The number of halogens is 4. The Morgan fingerprint density at radius 1 is 1.13 bits per heavy atom. The summed E-state index contributed by atoms with van der Waals surface area (Å²) in [5.41, 5.74) is 0.176. The van der Waals surface area contributed by atoms with Gasteiger partial charge in [0.25, 0.3) is 5.69 Å². The summed E-state index contributed by atoms with van der Waals surface area (Å²) >= 11 is 0. The Bertz CT molecular complexity index is 937. The number of benzene rings is 2. The van der Waals surface area contributed by atoms with Crippen molar-refractivity contribution in [3.8, 4) is 11.5 Å². The molecular weight excluding hydrogens is 412 g/mol. The summed E-state index contributed by atoms with van der Waals surface area (Å²) in [5, 5.41) is 11.1. The van der Waals surface area contributed by atoms with Gasteiger partial charge in [0.15, 0.2) is 0 Å². The second-order valence-corrected chi connectivity index (χ2v) is 5.87. The lowest BCUT2D eigenvalue weighted by Crippen LogP contribution is -2.24. The Morgan fingerprint density at radius 2 is 1.80 bits per heavy atom. The SMILES string of the molecule is CN(Cc1ccccc1[N+](=O)[O-])C(=O)/C=C/c1ccc(OC(F)F)cc1OC(F)F. The first-order valence-corrected chi connectivity index (χ1v) is 8.36. The summed E-state index contributed by atoms with van der Waals surface area (Å²) < 4.78 is 58.2. The fourth-order valence-electron chi connectivity index (χ4n) is 2.47. The second kappa shape index (κ2) is 10.2. The highest BCUT2D eigenvalue weighted by Crippen LogP contribution is 2.28. The number of nitro groups is 1. The summed E-state index contributed by atoms with van der Waals surface area (Å²) in [6.45, 7) is -6.44. The summed E-state index contributed by atoms with van der Waals surface area (Å²) in [4.78, 5) is 24.0. The van der Waals surface area contributed by atoms with Gasteiger partial charge in [0.05, 0.1) is 11.5 Å². The molecule has 11 heteroatoms. The topological polar surface area (TPSA) is 81.9 Å². The van der Waals surface area contributed by atoms with Gasteiger partial charge in [0.1, 0.15) is 11.5 Å². The molecule has 30 heavy (non-hydrogen) atoms. The van der Waals surface area contributed by atoms with Gasteiger partial charge < -0.3 is 14.4 Å². The van der Waals surface area contributed by atoms with Crippen molar-refractivity contribution in [2.75, 3.05) is 7.05 Å². The van der Waals surface area contributed by atoms with Crippen LogP contribution in [-0.4, -0.2) is 36.0 Å². The van der Waals surface area contributed by atoms with Crippen LogP contribution >= 0.6 is 0 Å². The van der Waals surface area contributed by atoms with Crippen LogP contribution < -0.4 is 9.47 Å². The number of amides is 1. The lowest BCUT2D eigenvalue weighted by atomic mass is 10.1. The number of carbonyl (C=O) groups excluding carboxylic acids is 1. The van der Waals surface area contributed by atoms with Crippen molar-refractivity contribution in [1.29, 1.82) is 0 Å². The number of likely N-dealkylation sites (N-methyl/N-ethyl adjacent to an activating group) is 1. The van der Waals surface area contributed by atoms with E-state index >= 15 is 0 Å². The van der Waals surface area contributed by atoms with Crippen LogP contribution in [0.5, 0.6) is 11.5 Å². The normalized spacial score (nSPS) is 11.2. The molecule has 0 saturated carbocycles. The van der Waals surface area contributed by atoms with E-state index in [1.54, 1.807) is 6.07 Å². The minimum absolute atomic E-state index is 0.0179. The van der Waals surface area contributed by atoms with Crippen molar-refractivity contribution in [3.63, 3.8) is 0 Å². The third-order valence-corrected chi connectivity index (χ3v) is 3.80. The van der Waals surface area contributed by atoms with Gasteiger partial charge >= 0.3 is 13.2 Å². The number of rotatable bonds is 9. The number of ether oxygens (including phenoxy) is 2. The predicted molar refractivity (Wildman–Crippen MR) is 98.3 cm³/mol. The smallest absolute Gasteiger partial charge is 0.387 e. The minimum atomic E-state index is -3.23. The van der Waals surface area contributed by atoms with E-state index in [9.17, 15) is 32.5 Å². The first-order valence-electron chi connectivity index (χ1n) is 8.36. The minimum Gasteiger partial charge on any atom is -0.435 e. The zero-order valence-corrected chi connectivity index (χ0v) is 15.5. The van der Waals surface area contributed by atoms with Gasteiger partial charge in [-0.15, -0.1) is 0 Å². The lowest BCUT2D eigenvalue weighted by molar-refractivity contribution is -0.385. The van der Waals surface area contributed by atoms with Crippen molar-refractivity contribution in [2.24, 2.45) is 0 Å². The maximum Gasteiger partial charge on any atom is 0.387 e. The van der Waals surface area contributed by atoms with Gasteiger partial charge in [-0.05, 0) is 18.2 Å². The number of nitro benzene ring substituents is 1. The molecule has 0 aliphatic heterocycles. The highest BCUT2D eigenvalue weighted by Gasteiger charge is 2.16. The van der Waals surface area contributed by atoms with Gasteiger partial charge in [-0.25, -0.2) is 0 Å². The van der Waals surface area contributed by atoms with E-state index in [0.29, 0.717) is 5.56 Å². The van der Waals surface area contributed by atoms with Crippen molar-refractivity contribution in [1.82, 2.24) is 4.90 Å². The molecule has 2 rings (SSSR count). The molecule has 0 unspecified atom stereocenters. The molecule has 0 heterocycles. The van der Waals surface area contributed by atoms with E-state index in [4.69, 9.17) is 0 Å². The van der Waals surface area contributed by atoms with Crippen LogP contribution in [0.4, 0.5) is 23.2 Å². The standard InChI is InChI=1S/C19H16F4N2O5/c1-24(11-13-4-2-3-5-15(13)25(27)28)17(26)9-7-12-6-8-14(29-18(20)21)10-16(12)30-19(22)23/h2-10,18-19H,11H2,1H3/b9-7+. The van der Waals surface area contributed by atoms with Gasteiger partial charge in [-0.2, -0.15) is 17.6 Å². The van der Waals surface area contributed by atoms with Crippen molar-refractivity contribution in [2.45, 2.75) is 19.8 Å². The molecule has 0 fully saturated rings. The molecule has 160 valence electrons. The molecule has 0 spiro atoms. The third kappa shape index (κ3) is 6.47. The van der Waals surface area contributed by atoms with E-state index in [2.05, 4.69) is 9.47 Å². The fourth-order valence-corrected chi connectivity index (χ4v) is 2.47. The van der Waals surface area contributed by atoms with Crippen LogP contribution in [-0.2, 0) is 11.3 Å². The molecule has 2 aromatic carbocycles. The summed E-state index contributed by atoms with van der Waals surface area (Å²) in [6.07, 6.45) is 2.19. The number of nitrogens with zero attached hydrogens (tertiary/aromatic N) is 2. The van der Waals surface area contributed by atoms with E-state index in [1.165, 1.54) is 36.2 Å². The zero-order valence-electron chi connectivity index (χ0n) is 15.5. The molecule has 0 aromatic heterocycles. The molecule has 1 amide bonds. The van der Waals surface area contributed by atoms with Crippen LogP contribution in [0, 0.1) is 10.1 Å². The number of para-hydroxylation sites is 1. The van der Waals surface area contributed by atoms with Crippen LogP contribution in [0.2, 0.25) is 0 Å². The summed E-state index contributed by atoms with van der Waals surface area (Å²) in [7, 11) is 1.40. The number of alkyl halides is 4. The van der Waals surface area contributed by atoms with Crippen LogP contribution in [0.25, 0.3) is 6.08 Å². The molecule has 0 atom stereocenters. The van der Waals surface area contributed by atoms with Gasteiger partial charge in [0, 0.05) is 36.4 Å². The molecule has 7 nitrogen and oxygen atoms in total. The largest absolute Gasteiger partial charge is 0.435 e. The maximum absolute atomic E-state index is 12.6. The average molecular weight is 428 g/mol. The molecule has 0 N–H and O–H groups in total. The third-order valence-electron chi connectivity index (χ3n) is 3.80. The number of hydrogen-bond donors (Lipinski definition) is 0. The number of hydrogen-bond acceptors (Lipinski definition) is 5. The molecule has 0 bridgehead atoms. The van der Waals surface area contributed by atoms with Crippen molar-refractivity contribution < 1.29 is 36.8 Å². The van der Waals surface area contributed by atoms with E-state index in [-0.39, 0.29) is 17.8 Å². The second-order valence-electron chi connectivity index (χ2n) is 5.87. The maximum atomic E-state index is 12.6. The predicted octanol–water partition coefficient (Wildman–Crippen LogP) is 4.47. The van der Waals surface area contributed by atoms with E-state index in [1.807, 2.05) is 0 Å². The van der Waals surface area contributed by atoms with E-state index in [0.717, 1.165) is 24.3 Å². The van der Waals surface area contributed by atoms with Gasteiger partial charge in [-0.1, -0.05) is 18.2 Å². The molecule has 0 radical (unpaired) electrons. The number of carbonyl (C=O) groups is 1. The Labute approximate surface area is 168 Å². The highest BCUT2D eigenvalue weighted by atomic mass is 19.3. The Hall–Kier alpha value is -3.63. The van der Waals surface area contributed by atoms with Gasteiger partial charge in [-0.3, -0.25) is 14.9 Å². The van der Waals surface area contributed by atoms with Gasteiger partial charge in [0.2, 0.25) is 5.91 Å². The first-order chi connectivity index (χ1) is 14.2. The van der Waals surface area contributed by atoms with E-state index < -0.39 is 35.6 Å².